The molecule has 1 amide bonds. The highest BCUT2D eigenvalue weighted by Gasteiger charge is 2.29. The lowest BCUT2D eigenvalue weighted by Gasteiger charge is -2.34. The highest BCUT2D eigenvalue weighted by Crippen LogP contribution is 2.13. The van der Waals surface area contributed by atoms with Crippen LogP contribution in [-0.4, -0.2) is 64.6 Å². The van der Waals surface area contributed by atoms with E-state index in [1.54, 1.807) is 15.8 Å². The van der Waals surface area contributed by atoms with Crippen LogP contribution in [-0.2, 0) is 27.1 Å². The van der Waals surface area contributed by atoms with E-state index in [-0.39, 0.29) is 11.7 Å². The molecule has 0 spiro atoms. The molecule has 2 aromatic rings. The summed E-state index contributed by atoms with van der Waals surface area (Å²) < 4.78 is 32.6. The van der Waals surface area contributed by atoms with Gasteiger partial charge in [0, 0.05) is 51.4 Å². The van der Waals surface area contributed by atoms with Crippen molar-refractivity contribution in [2.75, 3.05) is 26.2 Å². The van der Waals surface area contributed by atoms with Gasteiger partial charge in [-0.05, 0) is 12.5 Å². The van der Waals surface area contributed by atoms with Crippen molar-refractivity contribution >= 4 is 15.9 Å². The van der Waals surface area contributed by atoms with E-state index < -0.39 is 10.0 Å². The summed E-state index contributed by atoms with van der Waals surface area (Å²) in [4.78, 5) is 14.0. The molecule has 3 rings (SSSR count). The second-order valence-corrected chi connectivity index (χ2v) is 8.03. The summed E-state index contributed by atoms with van der Waals surface area (Å²) in [6.07, 6.45) is 5.35. The van der Waals surface area contributed by atoms with Crippen molar-refractivity contribution in [1.82, 2.24) is 24.1 Å². The van der Waals surface area contributed by atoms with Crippen LogP contribution in [0.1, 0.15) is 17.7 Å². The molecule has 0 saturated carbocycles. The first-order valence-electron chi connectivity index (χ1n) is 8.08. The van der Waals surface area contributed by atoms with E-state index in [0.717, 1.165) is 5.56 Å². The minimum atomic E-state index is -3.45. The SMILES string of the molecule is Cc1cnn(CCC(=O)N2CCN(S(=O)(=O)Cc3ccon3)CC2)c1. The Labute approximate surface area is 146 Å². The molecule has 0 bridgehead atoms. The van der Waals surface area contributed by atoms with Crippen LogP contribution in [0.4, 0.5) is 0 Å². The largest absolute Gasteiger partial charge is 0.364 e. The van der Waals surface area contributed by atoms with E-state index >= 15 is 0 Å². The Morgan fingerprint density at radius 2 is 2.04 bits per heavy atom. The first kappa shape index (κ1) is 17.6. The number of sulfonamides is 1. The van der Waals surface area contributed by atoms with Gasteiger partial charge in [-0.3, -0.25) is 9.48 Å². The van der Waals surface area contributed by atoms with Gasteiger partial charge in [0.25, 0.3) is 0 Å². The number of nitrogens with zero attached hydrogens (tertiary/aromatic N) is 5. The van der Waals surface area contributed by atoms with Gasteiger partial charge in [0.15, 0.2) is 0 Å². The van der Waals surface area contributed by atoms with Crippen molar-refractivity contribution in [3.63, 3.8) is 0 Å². The fourth-order valence-electron chi connectivity index (χ4n) is 2.76. The number of piperazine rings is 1. The van der Waals surface area contributed by atoms with E-state index in [4.69, 9.17) is 0 Å². The minimum absolute atomic E-state index is 0.0155. The zero-order valence-corrected chi connectivity index (χ0v) is 14.9. The number of amides is 1. The normalized spacial score (nSPS) is 16.3. The van der Waals surface area contributed by atoms with E-state index in [2.05, 4.69) is 14.8 Å². The van der Waals surface area contributed by atoms with E-state index in [0.29, 0.717) is 44.8 Å². The number of aryl methyl sites for hydroxylation is 2. The van der Waals surface area contributed by atoms with Crippen LogP contribution in [0.3, 0.4) is 0 Å². The molecule has 9 nitrogen and oxygen atoms in total. The Kier molecular flexibility index (Phi) is 5.19. The maximum atomic E-state index is 12.4. The lowest BCUT2D eigenvalue weighted by atomic mass is 10.3. The third kappa shape index (κ3) is 4.45. The molecule has 0 aliphatic carbocycles. The van der Waals surface area contributed by atoms with Crippen molar-refractivity contribution in [3.05, 3.63) is 36.0 Å². The molecule has 3 heterocycles. The molecule has 2 aromatic heterocycles. The molecule has 1 fully saturated rings. The summed E-state index contributed by atoms with van der Waals surface area (Å²) in [6, 6.07) is 1.54. The molecule has 0 unspecified atom stereocenters. The van der Waals surface area contributed by atoms with Gasteiger partial charge >= 0.3 is 0 Å². The number of hydrogen-bond acceptors (Lipinski definition) is 6. The summed E-state index contributed by atoms with van der Waals surface area (Å²) in [5.74, 6) is -0.169. The number of carbonyl (C=O) groups is 1. The Bertz CT molecular complexity index is 807. The molecule has 0 radical (unpaired) electrons. The number of aromatic nitrogens is 3. The first-order chi connectivity index (χ1) is 11.9. The van der Waals surface area contributed by atoms with Gasteiger partial charge in [-0.15, -0.1) is 0 Å². The van der Waals surface area contributed by atoms with Crippen LogP contribution >= 0.6 is 0 Å². The molecule has 1 saturated heterocycles. The molecule has 1 aliphatic rings. The molecule has 0 N–H and O–H groups in total. The first-order valence-corrected chi connectivity index (χ1v) is 9.69. The van der Waals surface area contributed by atoms with Gasteiger partial charge in [-0.25, -0.2) is 8.42 Å². The molecular formula is C15H21N5O4S. The van der Waals surface area contributed by atoms with Crippen LogP contribution in [0, 0.1) is 6.92 Å². The van der Waals surface area contributed by atoms with Crippen molar-refractivity contribution in [2.24, 2.45) is 0 Å². The van der Waals surface area contributed by atoms with Crippen LogP contribution in [0.5, 0.6) is 0 Å². The predicted octanol–water partition coefficient (Wildman–Crippen LogP) is 0.244. The standard InChI is InChI=1S/C15H21N5O4S/c1-13-10-16-19(11-13)4-2-15(21)18-5-7-20(8-6-18)25(22,23)12-14-3-9-24-17-14/h3,9-11H,2,4-8,12H2,1H3. The van der Waals surface area contributed by atoms with Gasteiger partial charge in [-0.1, -0.05) is 5.16 Å². The Morgan fingerprint density at radius 1 is 1.28 bits per heavy atom. The average molecular weight is 367 g/mol. The summed E-state index contributed by atoms with van der Waals surface area (Å²) in [6.45, 7) is 3.87. The molecule has 136 valence electrons. The second-order valence-electron chi connectivity index (χ2n) is 6.06. The highest BCUT2D eigenvalue weighted by molar-refractivity contribution is 7.88. The Hall–Kier alpha value is -2.20. The summed E-state index contributed by atoms with van der Waals surface area (Å²) in [5.41, 5.74) is 1.44. The molecule has 0 atom stereocenters. The summed E-state index contributed by atoms with van der Waals surface area (Å²) in [7, 11) is -3.45. The van der Waals surface area contributed by atoms with Gasteiger partial charge in [-0.2, -0.15) is 9.40 Å². The molecule has 0 aromatic carbocycles. The third-order valence-electron chi connectivity index (χ3n) is 4.12. The monoisotopic (exact) mass is 367 g/mol. The van der Waals surface area contributed by atoms with Crippen molar-refractivity contribution in [1.29, 1.82) is 0 Å². The zero-order chi connectivity index (χ0) is 17.9. The number of carbonyl (C=O) groups excluding carboxylic acids is 1. The van der Waals surface area contributed by atoms with Gasteiger partial charge in [0.05, 0.1) is 11.9 Å². The predicted molar refractivity (Wildman–Crippen MR) is 88.9 cm³/mol. The maximum absolute atomic E-state index is 12.4. The Morgan fingerprint density at radius 3 is 2.64 bits per heavy atom. The Balaban J connectivity index is 1.48. The van der Waals surface area contributed by atoms with Crippen LogP contribution < -0.4 is 0 Å². The van der Waals surface area contributed by atoms with E-state index in [9.17, 15) is 13.2 Å². The quantitative estimate of drug-likeness (QED) is 0.725. The lowest BCUT2D eigenvalue weighted by molar-refractivity contribution is -0.132. The summed E-state index contributed by atoms with van der Waals surface area (Å²) >= 11 is 0. The van der Waals surface area contributed by atoms with Crippen LogP contribution in [0.2, 0.25) is 0 Å². The van der Waals surface area contributed by atoms with Gasteiger partial charge < -0.3 is 9.42 Å². The molecular weight excluding hydrogens is 346 g/mol. The second kappa shape index (κ2) is 7.36. The van der Waals surface area contributed by atoms with Crippen molar-refractivity contribution in [2.45, 2.75) is 25.6 Å². The fraction of sp³-hybridized carbons (Fsp3) is 0.533. The third-order valence-corrected chi connectivity index (χ3v) is 5.94. The van der Waals surface area contributed by atoms with Crippen LogP contribution in [0.15, 0.2) is 29.2 Å². The van der Waals surface area contributed by atoms with Crippen LogP contribution in [0.25, 0.3) is 0 Å². The van der Waals surface area contributed by atoms with Crippen molar-refractivity contribution < 1.29 is 17.7 Å². The maximum Gasteiger partial charge on any atom is 0.224 e. The topological polar surface area (TPSA) is 102 Å². The van der Waals surface area contributed by atoms with E-state index in [1.165, 1.54) is 16.6 Å². The van der Waals surface area contributed by atoms with Gasteiger partial charge in [0.2, 0.25) is 15.9 Å². The van der Waals surface area contributed by atoms with Gasteiger partial charge in [0.1, 0.15) is 12.0 Å². The molecule has 25 heavy (non-hydrogen) atoms. The fourth-order valence-corrected chi connectivity index (χ4v) is 4.19. The van der Waals surface area contributed by atoms with E-state index in [1.807, 2.05) is 13.1 Å². The zero-order valence-electron chi connectivity index (χ0n) is 14.0. The molecule has 10 heteroatoms. The smallest absolute Gasteiger partial charge is 0.224 e. The lowest BCUT2D eigenvalue weighted by Crippen LogP contribution is -2.50. The number of hydrogen-bond donors (Lipinski definition) is 0. The minimum Gasteiger partial charge on any atom is -0.364 e. The number of rotatable bonds is 6. The van der Waals surface area contributed by atoms with Crippen molar-refractivity contribution in [3.8, 4) is 0 Å². The highest BCUT2D eigenvalue weighted by atomic mass is 32.2. The average Bonchev–Trinajstić information content (AvgIpc) is 3.24. The molecule has 1 aliphatic heterocycles. The summed E-state index contributed by atoms with van der Waals surface area (Å²) in [5, 5.41) is 7.80.